The largest absolute Gasteiger partial charge is 0.489 e. The van der Waals surface area contributed by atoms with E-state index in [1.807, 2.05) is 84.9 Å². The van der Waals surface area contributed by atoms with Crippen molar-refractivity contribution in [1.29, 1.82) is 0 Å². The molecule has 0 amide bonds. The van der Waals surface area contributed by atoms with Gasteiger partial charge in [-0.2, -0.15) is 0 Å². The molecule has 516 valence electrons. The maximum Gasteiger partial charge on any atom is 0.338 e. The highest BCUT2D eigenvalue weighted by molar-refractivity contribution is 5.90. The van der Waals surface area contributed by atoms with Gasteiger partial charge in [0.25, 0.3) is 0 Å². The second-order valence-corrected chi connectivity index (χ2v) is 26.1. The molecule has 0 aromatic heterocycles. The number of ether oxygens (including phenoxy) is 7. The predicted octanol–water partition coefficient (Wildman–Crippen LogP) is 24.3. The van der Waals surface area contributed by atoms with Crippen LogP contribution >= 0.6 is 0 Å². The van der Waals surface area contributed by atoms with Crippen LogP contribution in [-0.2, 0) is 44.4 Å². The van der Waals surface area contributed by atoms with E-state index in [1.54, 1.807) is 18.2 Å². The highest BCUT2D eigenvalue weighted by Crippen LogP contribution is 2.37. The van der Waals surface area contributed by atoms with Crippen molar-refractivity contribution in [1.82, 2.24) is 0 Å². The minimum absolute atomic E-state index is 0.0726. The zero-order chi connectivity index (χ0) is 71.6. The lowest BCUT2D eigenvalue weighted by molar-refractivity contribution is 0.0599. The Bertz CT molecular complexity index is 4590. The lowest BCUT2D eigenvalue weighted by Gasteiger charge is -2.17. The fourth-order valence-corrected chi connectivity index (χ4v) is 13.2. The smallest absolute Gasteiger partial charge is 0.338 e. The van der Waals surface area contributed by atoms with Gasteiger partial charge in [0, 0.05) is 18.2 Å². The summed E-state index contributed by atoms with van der Waals surface area (Å²) in [5.41, 5.74) is 23.3. The number of carbonyl (C=O) groups is 1. The molecule has 8 heteroatoms. The molecule has 0 aliphatic rings. The van der Waals surface area contributed by atoms with Crippen LogP contribution in [0.3, 0.4) is 0 Å². The van der Waals surface area contributed by atoms with Crippen molar-refractivity contribution < 1.29 is 38.0 Å². The third-order valence-corrected chi connectivity index (χ3v) is 18.4. The average molecular weight is 1380 g/mol. The van der Waals surface area contributed by atoms with Gasteiger partial charge in [0.15, 0.2) is 0 Å². The van der Waals surface area contributed by atoms with E-state index in [0.717, 1.165) is 122 Å². The molecule has 0 heterocycles. The van der Waals surface area contributed by atoms with Crippen LogP contribution in [0.25, 0.3) is 89.0 Å². The van der Waals surface area contributed by atoms with Crippen molar-refractivity contribution in [3.05, 3.63) is 409 Å². The summed E-state index contributed by atoms with van der Waals surface area (Å²) in [7, 11) is 1.36. The summed E-state index contributed by atoms with van der Waals surface area (Å²) in [6, 6.07) is 126. The fourth-order valence-electron chi connectivity index (χ4n) is 13.2. The van der Waals surface area contributed by atoms with E-state index < -0.39 is 5.97 Å². The Morgan fingerprint density at radius 3 is 0.519 bits per heavy atom. The average Bonchev–Trinajstić information content (AvgIpc) is 0.833. The number of benzene rings is 15. The van der Waals surface area contributed by atoms with Crippen LogP contribution in [-0.4, -0.2) is 13.1 Å². The molecule has 15 rings (SSSR count). The van der Waals surface area contributed by atoms with E-state index in [4.69, 9.17) is 33.2 Å². The second kappa shape index (κ2) is 33.1. The minimum Gasteiger partial charge on any atom is -0.489 e. The highest BCUT2D eigenvalue weighted by Gasteiger charge is 2.17. The number of carbonyl (C=O) groups excluding carboxylic acids is 1. The molecule has 0 bridgehead atoms. The van der Waals surface area contributed by atoms with Crippen LogP contribution in [0.15, 0.2) is 370 Å². The molecular weight excluding hydrogens is 1310 g/mol. The van der Waals surface area contributed by atoms with Gasteiger partial charge in [0.2, 0.25) is 0 Å². The first-order valence-corrected chi connectivity index (χ1v) is 35.6. The van der Waals surface area contributed by atoms with E-state index in [-0.39, 0.29) is 45.2 Å². The van der Waals surface area contributed by atoms with Crippen molar-refractivity contribution in [2.24, 2.45) is 0 Å². The molecule has 0 spiro atoms. The molecule has 0 N–H and O–H groups in total. The standard InChI is InChI=1S/C98H76O8/c1-100-98(99)91-58-96(105-67-73-50-92(101-63-69-42-83(75-26-10-2-11-27-75)54-84(43-69)76-28-12-3-13-29-76)60-93(51-73)102-64-70-44-85(77-30-14-4-15-31-77)55-86(45-70)78-32-16-5-17-33-78)62-97(59-91)106-68-74-52-94(103-65-71-46-87(79-34-18-6-19-35-79)56-88(47-71)80-36-20-7-21-37-80)61-95(53-74)104-66-72-48-89(81-38-22-8-23-39-81)57-90(49-72)82-40-24-9-25-41-82/h2-62H,63-68H2,1H3. The Kier molecular flexibility index (Phi) is 21.4. The molecule has 0 aliphatic heterocycles. The summed E-state index contributed by atoms with van der Waals surface area (Å²) in [4.78, 5) is 13.6. The van der Waals surface area contributed by atoms with Crippen LogP contribution in [0.2, 0.25) is 0 Å². The lowest BCUT2D eigenvalue weighted by Crippen LogP contribution is -2.05. The van der Waals surface area contributed by atoms with Crippen LogP contribution in [0, 0.1) is 0 Å². The normalized spacial score (nSPS) is 11.0. The van der Waals surface area contributed by atoms with E-state index in [0.29, 0.717) is 34.5 Å². The number of methoxy groups -OCH3 is 1. The first kappa shape index (κ1) is 68.3. The number of hydrogen-bond donors (Lipinski definition) is 0. The van der Waals surface area contributed by atoms with Crippen molar-refractivity contribution in [3.8, 4) is 124 Å². The van der Waals surface area contributed by atoms with Gasteiger partial charge in [0.05, 0.1) is 12.7 Å². The third kappa shape index (κ3) is 17.7. The summed E-state index contributed by atoms with van der Waals surface area (Å²) in [5, 5.41) is 0. The molecular formula is C98H76O8. The molecule has 0 atom stereocenters. The van der Waals surface area contributed by atoms with Gasteiger partial charge in [-0.05, 0) is 232 Å². The molecule has 15 aromatic rings. The van der Waals surface area contributed by atoms with E-state index in [1.165, 1.54) is 7.11 Å². The zero-order valence-corrected chi connectivity index (χ0v) is 58.7. The van der Waals surface area contributed by atoms with E-state index >= 15 is 0 Å². The Balaban J connectivity index is 0.729. The number of rotatable bonds is 27. The van der Waals surface area contributed by atoms with Gasteiger partial charge in [-0.25, -0.2) is 4.79 Å². The van der Waals surface area contributed by atoms with Crippen molar-refractivity contribution in [2.45, 2.75) is 39.6 Å². The van der Waals surface area contributed by atoms with E-state index in [2.05, 4.69) is 267 Å². The number of esters is 1. The molecule has 0 saturated carbocycles. The first-order chi connectivity index (χ1) is 52.3. The van der Waals surface area contributed by atoms with Crippen LogP contribution in [0.5, 0.6) is 34.5 Å². The maximum absolute atomic E-state index is 13.6. The summed E-state index contributed by atoms with van der Waals surface area (Å²) in [6.45, 7) is 1.22. The van der Waals surface area contributed by atoms with E-state index in [9.17, 15) is 4.79 Å². The second-order valence-electron chi connectivity index (χ2n) is 26.1. The van der Waals surface area contributed by atoms with Crippen molar-refractivity contribution in [3.63, 3.8) is 0 Å². The van der Waals surface area contributed by atoms with Gasteiger partial charge < -0.3 is 33.2 Å². The molecule has 0 radical (unpaired) electrons. The SMILES string of the molecule is COC(=O)c1cc(OCc2cc(OCc3cc(-c4ccccc4)cc(-c4ccccc4)c3)cc(OCc3cc(-c4ccccc4)cc(-c4ccccc4)c3)c2)cc(OCc2cc(OCc3cc(-c4ccccc4)cc(-c4ccccc4)c3)cc(OCc3cc(-c4ccccc4)cc(-c4ccccc4)c3)c2)c1. The number of hydrogen-bond acceptors (Lipinski definition) is 8. The fraction of sp³-hybridized carbons (Fsp3) is 0.0714. The van der Waals surface area contributed by atoms with Crippen molar-refractivity contribution >= 4 is 5.97 Å². The summed E-state index contributed by atoms with van der Waals surface area (Å²) in [5.74, 6) is 2.55. The molecule has 0 saturated heterocycles. The molecule has 0 aliphatic carbocycles. The van der Waals surface area contributed by atoms with Crippen LogP contribution in [0.4, 0.5) is 0 Å². The topological polar surface area (TPSA) is 81.7 Å². The van der Waals surface area contributed by atoms with Crippen LogP contribution in [0.1, 0.15) is 43.7 Å². The van der Waals surface area contributed by atoms with Crippen molar-refractivity contribution in [2.75, 3.05) is 7.11 Å². The lowest BCUT2D eigenvalue weighted by atomic mass is 9.96. The third-order valence-electron chi connectivity index (χ3n) is 18.4. The minimum atomic E-state index is -0.551. The Hall–Kier alpha value is -13.4. The van der Waals surface area contributed by atoms with Gasteiger partial charge in [-0.1, -0.05) is 243 Å². The van der Waals surface area contributed by atoms with Gasteiger partial charge in [-0.3, -0.25) is 0 Å². The summed E-state index contributed by atoms with van der Waals surface area (Å²) < 4.78 is 46.0. The molecule has 106 heavy (non-hydrogen) atoms. The Morgan fingerprint density at radius 1 is 0.189 bits per heavy atom. The van der Waals surface area contributed by atoms with Gasteiger partial charge >= 0.3 is 5.97 Å². The molecule has 15 aromatic carbocycles. The molecule has 0 fully saturated rings. The van der Waals surface area contributed by atoms with Gasteiger partial charge in [-0.15, -0.1) is 0 Å². The first-order valence-electron chi connectivity index (χ1n) is 35.6. The van der Waals surface area contributed by atoms with Gasteiger partial charge in [0.1, 0.15) is 74.1 Å². The predicted molar refractivity (Wildman–Crippen MR) is 426 cm³/mol. The molecule has 8 nitrogen and oxygen atoms in total. The quantitative estimate of drug-likeness (QED) is 0.0471. The maximum atomic E-state index is 13.6. The van der Waals surface area contributed by atoms with Crippen LogP contribution < -0.4 is 28.4 Å². The Labute approximate surface area is 619 Å². The summed E-state index contributed by atoms with van der Waals surface area (Å²) >= 11 is 0. The summed E-state index contributed by atoms with van der Waals surface area (Å²) in [6.07, 6.45) is 0. The Morgan fingerprint density at radius 2 is 0.349 bits per heavy atom. The molecule has 0 unspecified atom stereocenters. The monoisotopic (exact) mass is 1380 g/mol. The highest BCUT2D eigenvalue weighted by atomic mass is 16.5. The zero-order valence-electron chi connectivity index (χ0n) is 58.7.